The first kappa shape index (κ1) is 18.3. The lowest BCUT2D eigenvalue weighted by Gasteiger charge is -2.32. The molecule has 1 saturated carbocycles. The maximum atomic E-state index is 11.7. The second-order valence-corrected chi connectivity index (χ2v) is 7.90. The predicted octanol–water partition coefficient (Wildman–Crippen LogP) is 3.70. The molecule has 4 nitrogen and oxygen atoms in total. The molecule has 0 aromatic rings. The van der Waals surface area contributed by atoms with Crippen molar-refractivity contribution in [1.29, 1.82) is 0 Å². The van der Waals surface area contributed by atoms with E-state index in [-0.39, 0.29) is 12.1 Å². The van der Waals surface area contributed by atoms with E-state index in [9.17, 15) is 4.79 Å². The van der Waals surface area contributed by atoms with Gasteiger partial charge >= 0.3 is 6.09 Å². The third-order valence-electron chi connectivity index (χ3n) is 3.95. The summed E-state index contributed by atoms with van der Waals surface area (Å²) in [4.78, 5) is 11.7. The zero-order valence-corrected chi connectivity index (χ0v) is 14.7. The number of carbonyl (C=O) groups excluding carboxylic acids is 1. The molecule has 0 aromatic carbocycles. The van der Waals surface area contributed by atoms with Crippen LogP contribution in [0.3, 0.4) is 0 Å². The van der Waals surface area contributed by atoms with Crippen LogP contribution in [-0.2, 0) is 4.74 Å². The zero-order chi connectivity index (χ0) is 16.0. The summed E-state index contributed by atoms with van der Waals surface area (Å²) in [5, 5.41) is 6.53. The Bertz CT molecular complexity index is 315. The highest BCUT2D eigenvalue weighted by molar-refractivity contribution is 5.67. The van der Waals surface area contributed by atoms with Crippen LogP contribution < -0.4 is 10.6 Å². The molecule has 3 atom stereocenters. The van der Waals surface area contributed by atoms with E-state index >= 15 is 0 Å². The minimum absolute atomic E-state index is 0.130. The second kappa shape index (κ2) is 8.02. The third kappa shape index (κ3) is 8.30. The van der Waals surface area contributed by atoms with Crippen LogP contribution in [0, 0.1) is 11.8 Å². The van der Waals surface area contributed by atoms with E-state index in [2.05, 4.69) is 24.5 Å². The largest absolute Gasteiger partial charge is 0.444 e. The summed E-state index contributed by atoms with van der Waals surface area (Å²) in [7, 11) is 0. The molecule has 1 rings (SSSR count). The summed E-state index contributed by atoms with van der Waals surface area (Å²) in [6, 6.07) is 0.767. The van der Waals surface area contributed by atoms with Gasteiger partial charge in [-0.3, -0.25) is 0 Å². The van der Waals surface area contributed by atoms with E-state index in [1.807, 2.05) is 27.7 Å². The Labute approximate surface area is 130 Å². The first-order chi connectivity index (χ1) is 9.65. The van der Waals surface area contributed by atoms with E-state index < -0.39 is 5.60 Å². The van der Waals surface area contributed by atoms with Gasteiger partial charge in [0, 0.05) is 12.1 Å². The first-order valence-corrected chi connectivity index (χ1v) is 8.38. The number of rotatable bonds is 5. The average Bonchev–Trinajstić information content (AvgIpc) is 2.24. The molecule has 124 valence electrons. The highest BCUT2D eigenvalue weighted by Crippen LogP contribution is 2.28. The quantitative estimate of drug-likeness (QED) is 0.813. The third-order valence-corrected chi connectivity index (χ3v) is 3.95. The Morgan fingerprint density at radius 1 is 1.19 bits per heavy atom. The normalized spacial score (nSPS) is 28.0. The Morgan fingerprint density at radius 2 is 1.76 bits per heavy atom. The van der Waals surface area contributed by atoms with Crippen LogP contribution in [0.5, 0.6) is 0 Å². The monoisotopic (exact) mass is 298 g/mol. The minimum atomic E-state index is -0.434. The number of ether oxygens (including phenoxy) is 1. The Hall–Kier alpha value is -0.770. The maximum Gasteiger partial charge on any atom is 0.407 e. The van der Waals surface area contributed by atoms with Gasteiger partial charge in [-0.05, 0) is 71.8 Å². The maximum absolute atomic E-state index is 11.7. The van der Waals surface area contributed by atoms with Crippen molar-refractivity contribution < 1.29 is 9.53 Å². The van der Waals surface area contributed by atoms with Crippen LogP contribution in [-0.4, -0.2) is 30.3 Å². The molecule has 0 aliphatic heterocycles. The predicted molar refractivity (Wildman–Crippen MR) is 87.4 cm³/mol. The topological polar surface area (TPSA) is 50.4 Å². The van der Waals surface area contributed by atoms with Gasteiger partial charge in [-0.25, -0.2) is 4.79 Å². The molecule has 1 aliphatic rings. The number of nitrogens with one attached hydrogen (secondary N) is 2. The van der Waals surface area contributed by atoms with Gasteiger partial charge < -0.3 is 15.4 Å². The van der Waals surface area contributed by atoms with Crippen LogP contribution >= 0.6 is 0 Å². The fourth-order valence-corrected chi connectivity index (χ4v) is 3.20. The van der Waals surface area contributed by atoms with Gasteiger partial charge in [0.2, 0.25) is 0 Å². The van der Waals surface area contributed by atoms with Crippen molar-refractivity contribution in [3.63, 3.8) is 0 Å². The van der Waals surface area contributed by atoms with Gasteiger partial charge in [-0.15, -0.1) is 0 Å². The fourth-order valence-electron chi connectivity index (χ4n) is 3.20. The molecule has 2 N–H and O–H groups in total. The minimum Gasteiger partial charge on any atom is -0.444 e. The van der Waals surface area contributed by atoms with Crippen molar-refractivity contribution in [2.45, 2.75) is 84.9 Å². The number of hydrogen-bond donors (Lipinski definition) is 2. The van der Waals surface area contributed by atoms with Gasteiger partial charge in [0.1, 0.15) is 5.60 Å². The lowest BCUT2D eigenvalue weighted by Crippen LogP contribution is -2.41. The van der Waals surface area contributed by atoms with E-state index in [4.69, 9.17) is 4.74 Å². The van der Waals surface area contributed by atoms with E-state index in [0.717, 1.165) is 24.8 Å². The zero-order valence-electron chi connectivity index (χ0n) is 14.7. The van der Waals surface area contributed by atoms with Gasteiger partial charge in [-0.1, -0.05) is 13.8 Å². The van der Waals surface area contributed by atoms with Crippen LogP contribution in [0.1, 0.15) is 67.2 Å². The van der Waals surface area contributed by atoms with E-state index in [1.165, 1.54) is 19.3 Å². The average molecular weight is 298 g/mol. The Morgan fingerprint density at radius 3 is 2.29 bits per heavy atom. The number of alkyl carbamates (subject to hydrolysis) is 1. The van der Waals surface area contributed by atoms with Crippen molar-refractivity contribution in [1.82, 2.24) is 10.6 Å². The highest BCUT2D eigenvalue weighted by Gasteiger charge is 2.23. The van der Waals surface area contributed by atoms with Gasteiger partial charge in [0.15, 0.2) is 0 Å². The van der Waals surface area contributed by atoms with Crippen LogP contribution in [0.15, 0.2) is 0 Å². The van der Waals surface area contributed by atoms with Crippen LogP contribution in [0.25, 0.3) is 0 Å². The molecule has 0 radical (unpaired) electrons. The summed E-state index contributed by atoms with van der Waals surface area (Å²) in [6.45, 7) is 13.3. The van der Waals surface area contributed by atoms with Crippen molar-refractivity contribution in [2.24, 2.45) is 11.8 Å². The molecular formula is C17H34N2O2. The molecule has 3 unspecified atom stereocenters. The Kier molecular flexibility index (Phi) is 6.98. The fraction of sp³-hybridized carbons (Fsp3) is 0.941. The molecule has 0 heterocycles. The standard InChI is InChI=1S/C17H34N2O2/c1-12-9-13(2)11-15(10-12)18-8-7-14(3)19-16(20)21-17(4,5)6/h12-15,18H,7-11H2,1-6H3,(H,19,20). The van der Waals surface area contributed by atoms with Crippen molar-refractivity contribution in [3.8, 4) is 0 Å². The molecule has 1 amide bonds. The molecule has 0 bridgehead atoms. The number of carbonyl (C=O) groups is 1. The molecule has 0 spiro atoms. The van der Waals surface area contributed by atoms with Crippen molar-refractivity contribution in [2.75, 3.05) is 6.54 Å². The molecule has 1 aliphatic carbocycles. The van der Waals surface area contributed by atoms with E-state index in [1.54, 1.807) is 0 Å². The van der Waals surface area contributed by atoms with Gasteiger partial charge in [-0.2, -0.15) is 0 Å². The molecule has 0 saturated heterocycles. The Balaban J connectivity index is 2.18. The highest BCUT2D eigenvalue weighted by atomic mass is 16.6. The van der Waals surface area contributed by atoms with Crippen molar-refractivity contribution >= 4 is 6.09 Å². The second-order valence-electron chi connectivity index (χ2n) is 7.90. The summed E-state index contributed by atoms with van der Waals surface area (Å²) < 4.78 is 5.26. The first-order valence-electron chi connectivity index (χ1n) is 8.38. The lowest BCUT2D eigenvalue weighted by atomic mass is 9.80. The van der Waals surface area contributed by atoms with Gasteiger partial charge in [0.05, 0.1) is 0 Å². The van der Waals surface area contributed by atoms with E-state index in [0.29, 0.717) is 6.04 Å². The molecular weight excluding hydrogens is 264 g/mol. The smallest absolute Gasteiger partial charge is 0.407 e. The molecule has 0 aromatic heterocycles. The van der Waals surface area contributed by atoms with Crippen molar-refractivity contribution in [3.05, 3.63) is 0 Å². The number of hydrogen-bond acceptors (Lipinski definition) is 3. The summed E-state index contributed by atoms with van der Waals surface area (Å²) >= 11 is 0. The molecule has 4 heteroatoms. The summed E-state index contributed by atoms with van der Waals surface area (Å²) in [5.74, 6) is 1.65. The molecule has 21 heavy (non-hydrogen) atoms. The summed E-state index contributed by atoms with van der Waals surface area (Å²) in [5.41, 5.74) is -0.434. The lowest BCUT2D eigenvalue weighted by molar-refractivity contribution is 0.0506. The molecule has 1 fully saturated rings. The SMILES string of the molecule is CC1CC(C)CC(NCCC(C)NC(=O)OC(C)(C)C)C1. The summed E-state index contributed by atoms with van der Waals surface area (Å²) in [6.07, 6.45) is 4.51. The van der Waals surface area contributed by atoms with Crippen LogP contribution in [0.4, 0.5) is 4.79 Å². The van der Waals surface area contributed by atoms with Crippen LogP contribution in [0.2, 0.25) is 0 Å². The number of amides is 1. The van der Waals surface area contributed by atoms with Gasteiger partial charge in [0.25, 0.3) is 0 Å².